The van der Waals surface area contributed by atoms with Crippen LogP contribution in [-0.4, -0.2) is 45.8 Å². The first-order valence-electron chi connectivity index (χ1n) is 7.44. The molecule has 2 aromatic heterocycles. The molecule has 24 heavy (non-hydrogen) atoms. The number of imidazole rings is 1. The van der Waals surface area contributed by atoms with Crippen LogP contribution in [0.5, 0.6) is 17.2 Å². The Hall–Kier alpha value is -2.52. The number of aliphatic hydroxyl groups excluding tert-OH is 1. The number of aliphatic hydroxyl groups is 1. The number of benzene rings is 1. The zero-order valence-electron chi connectivity index (χ0n) is 12.9. The quantitative estimate of drug-likeness (QED) is 0.700. The third-order valence-electron chi connectivity index (χ3n) is 3.44. The summed E-state index contributed by atoms with van der Waals surface area (Å²) in [6, 6.07) is 5.32. The lowest BCUT2D eigenvalue weighted by atomic mass is 10.3. The van der Waals surface area contributed by atoms with Crippen molar-refractivity contribution in [1.82, 2.24) is 14.6 Å². The van der Waals surface area contributed by atoms with Gasteiger partial charge in [-0.25, -0.2) is 9.50 Å². The van der Waals surface area contributed by atoms with Crippen molar-refractivity contribution < 1.29 is 19.3 Å². The Bertz CT molecular complexity index is 831. The van der Waals surface area contributed by atoms with E-state index in [0.29, 0.717) is 28.9 Å². The van der Waals surface area contributed by atoms with Gasteiger partial charge in [-0.3, -0.25) is 0 Å². The van der Waals surface area contributed by atoms with Crippen molar-refractivity contribution in [3.8, 4) is 17.2 Å². The third kappa shape index (κ3) is 3.08. The van der Waals surface area contributed by atoms with Crippen molar-refractivity contribution in [2.75, 3.05) is 25.3 Å². The molecule has 0 saturated heterocycles. The molecule has 4 rings (SSSR count). The Balaban J connectivity index is 1.28. The molecule has 9 heteroatoms. The fraction of sp³-hybridized carbons (Fsp3) is 0.333. The van der Waals surface area contributed by atoms with Crippen LogP contribution in [0.3, 0.4) is 0 Å². The Kier molecular flexibility index (Phi) is 3.87. The van der Waals surface area contributed by atoms with E-state index in [4.69, 9.17) is 14.2 Å². The average molecular weight is 348 g/mol. The zero-order valence-corrected chi connectivity index (χ0v) is 13.7. The fourth-order valence-corrected chi connectivity index (χ4v) is 3.14. The molecule has 1 aromatic carbocycles. The monoisotopic (exact) mass is 348 g/mol. The second-order valence-electron chi connectivity index (χ2n) is 5.38. The van der Waals surface area contributed by atoms with Gasteiger partial charge >= 0.3 is 0 Å². The van der Waals surface area contributed by atoms with E-state index in [1.54, 1.807) is 22.7 Å². The van der Waals surface area contributed by atoms with Crippen LogP contribution in [0.25, 0.3) is 4.96 Å². The van der Waals surface area contributed by atoms with Gasteiger partial charge in [-0.1, -0.05) is 11.3 Å². The number of fused-ring (bicyclic) bond motifs is 2. The minimum Gasteiger partial charge on any atom is -0.491 e. The van der Waals surface area contributed by atoms with Gasteiger partial charge in [0.05, 0.1) is 11.9 Å². The van der Waals surface area contributed by atoms with Crippen LogP contribution in [0.2, 0.25) is 0 Å². The Morgan fingerprint density at radius 3 is 3.17 bits per heavy atom. The molecule has 0 spiro atoms. The number of hydrogen-bond acceptors (Lipinski definition) is 8. The summed E-state index contributed by atoms with van der Waals surface area (Å²) in [5, 5.41) is 18.2. The van der Waals surface area contributed by atoms with Crippen LogP contribution in [0.1, 0.15) is 5.69 Å². The van der Waals surface area contributed by atoms with Crippen LogP contribution < -0.4 is 19.5 Å². The molecule has 3 heterocycles. The van der Waals surface area contributed by atoms with Crippen LogP contribution in [-0.2, 0) is 0 Å². The summed E-state index contributed by atoms with van der Waals surface area (Å²) in [5.74, 6) is 1.98. The van der Waals surface area contributed by atoms with Crippen molar-refractivity contribution in [1.29, 1.82) is 0 Å². The topological polar surface area (TPSA) is 90.1 Å². The van der Waals surface area contributed by atoms with E-state index < -0.39 is 6.10 Å². The number of anilines is 1. The van der Waals surface area contributed by atoms with Crippen molar-refractivity contribution in [3.63, 3.8) is 0 Å². The summed E-state index contributed by atoms with van der Waals surface area (Å²) in [7, 11) is 0. The second-order valence-corrected chi connectivity index (χ2v) is 6.33. The normalized spacial score (nSPS) is 14.1. The number of nitrogens with one attached hydrogen (secondary N) is 1. The molecule has 1 aliphatic heterocycles. The molecule has 126 valence electrons. The lowest BCUT2D eigenvalue weighted by Gasteiger charge is -2.12. The number of aromatic nitrogens is 3. The summed E-state index contributed by atoms with van der Waals surface area (Å²) < 4.78 is 17.8. The number of rotatable bonds is 6. The van der Waals surface area contributed by atoms with E-state index in [2.05, 4.69) is 15.4 Å². The molecule has 0 aliphatic carbocycles. The van der Waals surface area contributed by atoms with Gasteiger partial charge in [0.1, 0.15) is 18.5 Å². The van der Waals surface area contributed by atoms with Gasteiger partial charge in [-0.2, -0.15) is 0 Å². The van der Waals surface area contributed by atoms with Crippen LogP contribution >= 0.6 is 11.3 Å². The van der Waals surface area contributed by atoms with E-state index >= 15 is 0 Å². The average Bonchev–Trinajstić information content (AvgIpc) is 3.24. The number of ether oxygens (including phenoxy) is 3. The van der Waals surface area contributed by atoms with Crippen molar-refractivity contribution >= 4 is 21.4 Å². The fourth-order valence-electron chi connectivity index (χ4n) is 2.30. The minimum absolute atomic E-state index is 0.161. The van der Waals surface area contributed by atoms with Gasteiger partial charge in [-0.05, 0) is 19.1 Å². The van der Waals surface area contributed by atoms with Crippen molar-refractivity contribution in [2.24, 2.45) is 0 Å². The summed E-state index contributed by atoms with van der Waals surface area (Å²) >= 11 is 1.44. The molecule has 0 radical (unpaired) electrons. The standard InChI is InChI=1S/C15H16N4O4S/c1-9-6-19-15(17-9)24-14(18-19)16-5-10(20)7-21-11-2-3-12-13(4-11)23-8-22-12/h2-4,6,10,20H,5,7-8H2,1H3,(H,16,18)/t10-/m1/s1. The molecule has 0 bridgehead atoms. The van der Waals surface area contributed by atoms with E-state index in [-0.39, 0.29) is 13.4 Å². The van der Waals surface area contributed by atoms with Gasteiger partial charge in [0.25, 0.3) is 0 Å². The zero-order chi connectivity index (χ0) is 16.5. The van der Waals surface area contributed by atoms with Gasteiger partial charge in [-0.15, -0.1) is 5.10 Å². The van der Waals surface area contributed by atoms with Crippen LogP contribution in [0, 0.1) is 6.92 Å². The summed E-state index contributed by atoms with van der Waals surface area (Å²) in [5.41, 5.74) is 0.928. The van der Waals surface area contributed by atoms with E-state index in [1.807, 2.05) is 13.1 Å². The predicted molar refractivity (Wildman–Crippen MR) is 88.2 cm³/mol. The second kappa shape index (κ2) is 6.17. The highest BCUT2D eigenvalue weighted by Gasteiger charge is 2.14. The third-order valence-corrected chi connectivity index (χ3v) is 4.32. The van der Waals surface area contributed by atoms with Gasteiger partial charge in [0.2, 0.25) is 16.9 Å². The first kappa shape index (κ1) is 15.0. The smallest absolute Gasteiger partial charge is 0.231 e. The SMILES string of the molecule is Cc1cn2nc(NC[C@@H](O)COc3ccc4c(c3)OCO4)sc2n1. The van der Waals surface area contributed by atoms with E-state index in [1.165, 1.54) is 11.3 Å². The highest BCUT2D eigenvalue weighted by atomic mass is 32.1. The summed E-state index contributed by atoms with van der Waals surface area (Å²) in [4.78, 5) is 5.16. The lowest BCUT2D eigenvalue weighted by Crippen LogP contribution is -2.26. The Morgan fingerprint density at radius 2 is 2.29 bits per heavy atom. The van der Waals surface area contributed by atoms with Crippen LogP contribution in [0.15, 0.2) is 24.4 Å². The molecule has 3 aromatic rings. The first-order chi connectivity index (χ1) is 11.7. The van der Waals surface area contributed by atoms with Crippen LogP contribution in [0.4, 0.5) is 5.13 Å². The Morgan fingerprint density at radius 1 is 1.42 bits per heavy atom. The maximum Gasteiger partial charge on any atom is 0.231 e. The van der Waals surface area contributed by atoms with Crippen molar-refractivity contribution in [2.45, 2.75) is 13.0 Å². The molecule has 0 amide bonds. The lowest BCUT2D eigenvalue weighted by molar-refractivity contribution is 0.117. The van der Waals surface area contributed by atoms with Gasteiger partial charge in [0, 0.05) is 12.6 Å². The maximum atomic E-state index is 10.0. The van der Waals surface area contributed by atoms with Gasteiger partial charge < -0.3 is 24.6 Å². The van der Waals surface area contributed by atoms with Crippen molar-refractivity contribution in [3.05, 3.63) is 30.1 Å². The number of aryl methyl sites for hydroxylation is 1. The van der Waals surface area contributed by atoms with E-state index in [9.17, 15) is 5.11 Å². The highest BCUT2D eigenvalue weighted by Crippen LogP contribution is 2.35. The Labute approximate surface area is 141 Å². The minimum atomic E-state index is -0.673. The molecule has 0 saturated carbocycles. The molecular weight excluding hydrogens is 332 g/mol. The highest BCUT2D eigenvalue weighted by molar-refractivity contribution is 7.20. The molecule has 2 N–H and O–H groups in total. The molecular formula is C15H16N4O4S. The van der Waals surface area contributed by atoms with E-state index in [0.717, 1.165) is 10.7 Å². The van der Waals surface area contributed by atoms with Gasteiger partial charge in [0.15, 0.2) is 11.5 Å². The molecule has 1 aliphatic rings. The predicted octanol–water partition coefficient (Wildman–Crippen LogP) is 1.68. The summed E-state index contributed by atoms with van der Waals surface area (Å²) in [6.07, 6.45) is 1.18. The summed E-state index contributed by atoms with van der Waals surface area (Å²) in [6.45, 7) is 2.64. The first-order valence-corrected chi connectivity index (χ1v) is 8.26. The maximum absolute atomic E-state index is 10.0. The molecule has 8 nitrogen and oxygen atoms in total. The molecule has 0 unspecified atom stereocenters. The largest absolute Gasteiger partial charge is 0.491 e. The molecule has 0 fully saturated rings. The number of hydrogen-bond donors (Lipinski definition) is 2. The molecule has 1 atom stereocenters. The number of nitrogens with zero attached hydrogens (tertiary/aromatic N) is 3.